The number of carbonyl (C=O) groups is 2. The maximum Gasteiger partial charge on any atom is 0.251 e. The fourth-order valence-electron chi connectivity index (χ4n) is 2.58. The lowest BCUT2D eigenvalue weighted by Crippen LogP contribution is -2.25. The molecule has 0 fully saturated rings. The third kappa shape index (κ3) is 5.61. The smallest absolute Gasteiger partial charge is 0.251 e. The standard InChI is InChI=1S/C19H21N7O2S/c1-3-26-15(11-22-17(28)14-7-4-6-13(2)10-14)24-25-19(26)29-12-16(27)23-18-20-8-5-9-21-18/h4-10H,3,11-12H2,1-2H3,(H,22,28)(H,20,21,23,27). The van der Waals surface area contributed by atoms with Crippen LogP contribution in [0, 0.1) is 6.92 Å². The molecular weight excluding hydrogens is 390 g/mol. The molecule has 10 heteroatoms. The first-order valence-corrected chi connectivity index (χ1v) is 10.0. The van der Waals surface area contributed by atoms with Crippen molar-refractivity contribution in [3.8, 4) is 0 Å². The van der Waals surface area contributed by atoms with E-state index in [1.807, 2.05) is 36.6 Å². The van der Waals surface area contributed by atoms with Crippen LogP contribution in [-0.2, 0) is 17.9 Å². The first-order valence-electron chi connectivity index (χ1n) is 9.03. The van der Waals surface area contributed by atoms with Crippen molar-refractivity contribution < 1.29 is 9.59 Å². The molecule has 3 aromatic rings. The van der Waals surface area contributed by atoms with Gasteiger partial charge in [0.25, 0.3) is 5.91 Å². The second kappa shape index (κ2) is 9.78. The molecule has 2 N–H and O–H groups in total. The van der Waals surface area contributed by atoms with Crippen molar-refractivity contribution in [3.63, 3.8) is 0 Å². The predicted molar refractivity (Wildman–Crippen MR) is 109 cm³/mol. The molecule has 0 aliphatic carbocycles. The molecule has 0 bridgehead atoms. The summed E-state index contributed by atoms with van der Waals surface area (Å²) in [5.74, 6) is 0.626. The molecule has 2 amide bonds. The highest BCUT2D eigenvalue weighted by Crippen LogP contribution is 2.17. The first kappa shape index (κ1) is 20.5. The molecule has 0 saturated heterocycles. The van der Waals surface area contributed by atoms with Gasteiger partial charge in [-0.3, -0.25) is 14.9 Å². The molecule has 2 aromatic heterocycles. The van der Waals surface area contributed by atoms with Gasteiger partial charge in [0.05, 0.1) is 12.3 Å². The normalized spacial score (nSPS) is 10.6. The van der Waals surface area contributed by atoms with Gasteiger partial charge in [0.1, 0.15) is 0 Å². The zero-order valence-electron chi connectivity index (χ0n) is 16.1. The monoisotopic (exact) mass is 411 g/mol. The summed E-state index contributed by atoms with van der Waals surface area (Å²) >= 11 is 1.26. The van der Waals surface area contributed by atoms with Gasteiger partial charge in [0, 0.05) is 24.5 Å². The number of nitrogens with zero attached hydrogens (tertiary/aromatic N) is 5. The number of aromatic nitrogens is 5. The number of nitrogens with one attached hydrogen (secondary N) is 2. The fraction of sp³-hybridized carbons (Fsp3) is 0.263. The van der Waals surface area contributed by atoms with Crippen LogP contribution in [0.2, 0.25) is 0 Å². The van der Waals surface area contributed by atoms with Crippen LogP contribution in [0.5, 0.6) is 0 Å². The van der Waals surface area contributed by atoms with Gasteiger partial charge in [-0.25, -0.2) is 9.97 Å². The maximum absolute atomic E-state index is 12.3. The minimum atomic E-state index is -0.235. The van der Waals surface area contributed by atoms with Crippen LogP contribution < -0.4 is 10.6 Å². The molecule has 1 aromatic carbocycles. The molecule has 0 unspecified atom stereocenters. The Hall–Kier alpha value is -3.27. The van der Waals surface area contributed by atoms with E-state index in [0.29, 0.717) is 23.1 Å². The van der Waals surface area contributed by atoms with Crippen molar-refractivity contribution in [1.29, 1.82) is 0 Å². The van der Waals surface area contributed by atoms with Crippen LogP contribution in [0.25, 0.3) is 0 Å². The predicted octanol–water partition coefficient (Wildman–Crippen LogP) is 2.06. The Labute approximate surface area is 172 Å². The molecule has 3 rings (SSSR count). The average molecular weight is 411 g/mol. The largest absolute Gasteiger partial charge is 0.345 e. The molecular formula is C19H21N7O2S. The van der Waals surface area contributed by atoms with Crippen LogP contribution in [0.15, 0.2) is 47.9 Å². The Kier molecular flexibility index (Phi) is 6.90. The van der Waals surface area contributed by atoms with E-state index < -0.39 is 0 Å². The number of anilines is 1. The van der Waals surface area contributed by atoms with E-state index in [9.17, 15) is 9.59 Å². The molecule has 150 valence electrons. The molecule has 2 heterocycles. The summed E-state index contributed by atoms with van der Waals surface area (Å²) in [6, 6.07) is 9.06. The Balaban J connectivity index is 1.56. The second-order valence-electron chi connectivity index (χ2n) is 6.10. The number of hydrogen-bond acceptors (Lipinski definition) is 7. The summed E-state index contributed by atoms with van der Waals surface area (Å²) in [5, 5.41) is 14.4. The van der Waals surface area contributed by atoms with Gasteiger partial charge in [0.15, 0.2) is 11.0 Å². The van der Waals surface area contributed by atoms with E-state index in [2.05, 4.69) is 30.8 Å². The summed E-state index contributed by atoms with van der Waals surface area (Å²) in [7, 11) is 0. The molecule has 0 aliphatic heterocycles. The van der Waals surface area contributed by atoms with Crippen LogP contribution in [-0.4, -0.2) is 42.3 Å². The highest BCUT2D eigenvalue weighted by atomic mass is 32.2. The summed E-state index contributed by atoms with van der Waals surface area (Å²) in [6.07, 6.45) is 3.11. The number of rotatable bonds is 8. The van der Waals surface area contributed by atoms with Gasteiger partial charge in [-0.15, -0.1) is 10.2 Å². The lowest BCUT2D eigenvalue weighted by molar-refractivity contribution is -0.113. The minimum absolute atomic E-state index is 0.145. The van der Waals surface area contributed by atoms with Crippen LogP contribution in [0.4, 0.5) is 5.95 Å². The molecule has 0 saturated carbocycles. The SMILES string of the molecule is CCn1c(CNC(=O)c2cccc(C)c2)nnc1SCC(=O)Nc1ncccn1. The van der Waals surface area contributed by atoms with Crippen LogP contribution in [0.1, 0.15) is 28.7 Å². The number of hydrogen-bond donors (Lipinski definition) is 2. The summed E-state index contributed by atoms with van der Waals surface area (Å²) in [5.41, 5.74) is 1.62. The Morgan fingerprint density at radius 1 is 1.14 bits per heavy atom. The lowest BCUT2D eigenvalue weighted by Gasteiger charge is -2.09. The third-order valence-electron chi connectivity index (χ3n) is 3.95. The number of aryl methyl sites for hydroxylation is 1. The fourth-order valence-corrected chi connectivity index (χ4v) is 3.40. The molecule has 0 radical (unpaired) electrons. The first-order chi connectivity index (χ1) is 14.1. The van der Waals surface area contributed by atoms with E-state index >= 15 is 0 Å². The van der Waals surface area contributed by atoms with E-state index in [1.54, 1.807) is 24.5 Å². The Morgan fingerprint density at radius 2 is 1.93 bits per heavy atom. The van der Waals surface area contributed by atoms with E-state index in [0.717, 1.165) is 5.56 Å². The number of benzene rings is 1. The van der Waals surface area contributed by atoms with E-state index in [-0.39, 0.29) is 30.1 Å². The van der Waals surface area contributed by atoms with Crippen molar-refractivity contribution >= 4 is 29.5 Å². The molecule has 0 atom stereocenters. The zero-order valence-corrected chi connectivity index (χ0v) is 16.9. The highest BCUT2D eigenvalue weighted by molar-refractivity contribution is 7.99. The highest BCUT2D eigenvalue weighted by Gasteiger charge is 2.15. The van der Waals surface area contributed by atoms with Gasteiger partial charge in [-0.1, -0.05) is 29.5 Å². The van der Waals surface area contributed by atoms with Gasteiger partial charge in [0.2, 0.25) is 11.9 Å². The summed E-state index contributed by atoms with van der Waals surface area (Å²) in [6.45, 7) is 4.76. The van der Waals surface area contributed by atoms with Gasteiger partial charge in [-0.05, 0) is 32.0 Å². The second-order valence-corrected chi connectivity index (χ2v) is 7.05. The summed E-state index contributed by atoms with van der Waals surface area (Å²) in [4.78, 5) is 32.3. The van der Waals surface area contributed by atoms with Crippen molar-refractivity contribution in [2.75, 3.05) is 11.1 Å². The minimum Gasteiger partial charge on any atom is -0.345 e. The maximum atomic E-state index is 12.3. The van der Waals surface area contributed by atoms with Crippen LogP contribution >= 0.6 is 11.8 Å². The number of thioether (sulfide) groups is 1. The van der Waals surface area contributed by atoms with Crippen molar-refractivity contribution in [3.05, 3.63) is 59.7 Å². The molecule has 0 aliphatic rings. The van der Waals surface area contributed by atoms with E-state index in [1.165, 1.54) is 11.8 Å². The topological polar surface area (TPSA) is 115 Å². The van der Waals surface area contributed by atoms with Crippen molar-refractivity contribution in [2.24, 2.45) is 0 Å². The van der Waals surface area contributed by atoms with E-state index in [4.69, 9.17) is 0 Å². The quantitative estimate of drug-likeness (QED) is 0.545. The van der Waals surface area contributed by atoms with Gasteiger partial charge < -0.3 is 9.88 Å². The summed E-state index contributed by atoms with van der Waals surface area (Å²) < 4.78 is 1.87. The molecule has 0 spiro atoms. The number of carbonyl (C=O) groups excluding carboxylic acids is 2. The Morgan fingerprint density at radius 3 is 2.66 bits per heavy atom. The van der Waals surface area contributed by atoms with Crippen LogP contribution in [0.3, 0.4) is 0 Å². The van der Waals surface area contributed by atoms with Gasteiger partial charge in [-0.2, -0.15) is 0 Å². The zero-order chi connectivity index (χ0) is 20.6. The average Bonchev–Trinajstić information content (AvgIpc) is 3.13. The third-order valence-corrected chi connectivity index (χ3v) is 4.91. The van der Waals surface area contributed by atoms with Crippen molar-refractivity contribution in [1.82, 2.24) is 30.0 Å². The number of amides is 2. The molecule has 9 nitrogen and oxygen atoms in total. The molecule has 29 heavy (non-hydrogen) atoms. The Bertz CT molecular complexity index is 991. The van der Waals surface area contributed by atoms with Gasteiger partial charge >= 0.3 is 0 Å². The van der Waals surface area contributed by atoms with Crippen molar-refractivity contribution in [2.45, 2.75) is 32.1 Å². The lowest BCUT2D eigenvalue weighted by atomic mass is 10.1.